The van der Waals surface area contributed by atoms with Gasteiger partial charge in [0.05, 0.1) is 5.56 Å². The van der Waals surface area contributed by atoms with Gasteiger partial charge in [0.1, 0.15) is 0 Å². The van der Waals surface area contributed by atoms with Gasteiger partial charge in [0.15, 0.2) is 0 Å². The van der Waals surface area contributed by atoms with E-state index in [9.17, 15) is 9.59 Å². The van der Waals surface area contributed by atoms with Gasteiger partial charge in [-0.3, -0.25) is 4.79 Å². The first-order valence-corrected chi connectivity index (χ1v) is 11.9. The summed E-state index contributed by atoms with van der Waals surface area (Å²) in [5.74, 6) is -0.169. The number of urea groups is 1. The number of benzene rings is 3. The maximum atomic E-state index is 13.2. The molecule has 0 unspecified atom stereocenters. The summed E-state index contributed by atoms with van der Waals surface area (Å²) < 4.78 is 5.09. The van der Waals surface area contributed by atoms with Gasteiger partial charge < -0.3 is 25.6 Å². The van der Waals surface area contributed by atoms with Crippen LogP contribution in [0.15, 0.2) is 66.7 Å². The van der Waals surface area contributed by atoms with Gasteiger partial charge in [-0.05, 0) is 66.8 Å². The SMILES string of the molecule is COCCCNC(=O)c1cc(NC(=O)Nc2cccc(C)c2)ccc1N1CCc2ccccc2C1. The third-order valence-corrected chi connectivity index (χ3v) is 6.06. The molecule has 0 radical (unpaired) electrons. The third kappa shape index (κ3) is 6.39. The smallest absolute Gasteiger partial charge is 0.323 e. The van der Waals surface area contributed by atoms with E-state index in [1.54, 1.807) is 13.2 Å². The molecule has 35 heavy (non-hydrogen) atoms. The van der Waals surface area contributed by atoms with Crippen molar-refractivity contribution in [3.8, 4) is 0 Å². The Labute approximate surface area is 206 Å². The van der Waals surface area contributed by atoms with Crippen molar-refractivity contribution in [2.75, 3.05) is 42.3 Å². The molecule has 4 rings (SSSR count). The molecule has 1 heterocycles. The fraction of sp³-hybridized carbons (Fsp3) is 0.286. The summed E-state index contributed by atoms with van der Waals surface area (Å²) in [6, 6.07) is 21.2. The van der Waals surface area contributed by atoms with Crippen LogP contribution in [0.2, 0.25) is 0 Å². The summed E-state index contributed by atoms with van der Waals surface area (Å²) >= 11 is 0. The number of carbonyl (C=O) groups excluding carboxylic acids is 2. The standard InChI is InChI=1S/C28H32N4O3/c1-20-7-5-10-23(17-20)30-28(34)31-24-11-12-26(25(18-24)27(33)29-14-6-16-35-2)32-15-13-21-8-3-4-9-22(21)19-32/h3-5,7-12,17-18H,6,13-16,19H2,1-2H3,(H,29,33)(H2,30,31,34). The van der Waals surface area contributed by atoms with Crippen LogP contribution in [0.1, 0.15) is 33.5 Å². The Morgan fingerprint density at radius 3 is 2.49 bits per heavy atom. The van der Waals surface area contributed by atoms with Gasteiger partial charge in [-0.25, -0.2) is 4.79 Å². The Bertz CT molecular complexity index is 1190. The second kappa shape index (κ2) is 11.5. The molecule has 1 aliphatic rings. The summed E-state index contributed by atoms with van der Waals surface area (Å²) in [6.07, 6.45) is 1.65. The normalized spacial score (nSPS) is 12.6. The van der Waals surface area contributed by atoms with E-state index in [4.69, 9.17) is 4.74 Å². The molecule has 1 aliphatic heterocycles. The van der Waals surface area contributed by atoms with Gasteiger partial charge in [-0.15, -0.1) is 0 Å². The molecule has 182 valence electrons. The van der Waals surface area contributed by atoms with Crippen LogP contribution >= 0.6 is 0 Å². The fourth-order valence-electron chi connectivity index (χ4n) is 4.30. The zero-order chi connectivity index (χ0) is 24.6. The minimum absolute atomic E-state index is 0.169. The first-order valence-electron chi connectivity index (χ1n) is 11.9. The lowest BCUT2D eigenvalue weighted by molar-refractivity contribution is 0.0949. The summed E-state index contributed by atoms with van der Waals surface area (Å²) in [5, 5.41) is 8.69. The average Bonchev–Trinajstić information content (AvgIpc) is 2.86. The lowest BCUT2D eigenvalue weighted by atomic mass is 9.98. The molecule has 0 saturated heterocycles. The second-order valence-electron chi connectivity index (χ2n) is 8.72. The molecular weight excluding hydrogens is 440 g/mol. The Kier molecular flexibility index (Phi) is 8.00. The van der Waals surface area contributed by atoms with Crippen LogP contribution in [0.4, 0.5) is 21.9 Å². The Morgan fingerprint density at radius 1 is 0.943 bits per heavy atom. The number of rotatable bonds is 8. The molecule has 0 fully saturated rings. The highest BCUT2D eigenvalue weighted by Crippen LogP contribution is 2.29. The number of amides is 3. The number of fused-ring (bicyclic) bond motifs is 1. The number of ether oxygens (including phenoxy) is 1. The molecule has 3 N–H and O–H groups in total. The van der Waals surface area contributed by atoms with E-state index in [2.05, 4.69) is 39.0 Å². The van der Waals surface area contributed by atoms with Gasteiger partial charge >= 0.3 is 6.03 Å². The predicted octanol–water partition coefficient (Wildman–Crippen LogP) is 4.97. The maximum absolute atomic E-state index is 13.2. The number of hydrogen-bond donors (Lipinski definition) is 3. The highest BCUT2D eigenvalue weighted by molar-refractivity contribution is 6.04. The topological polar surface area (TPSA) is 82.7 Å². The van der Waals surface area contributed by atoms with Crippen LogP contribution in [0.25, 0.3) is 0 Å². The van der Waals surface area contributed by atoms with Crippen LogP contribution in [-0.4, -0.2) is 38.7 Å². The molecule has 0 aromatic heterocycles. The van der Waals surface area contributed by atoms with E-state index >= 15 is 0 Å². The number of nitrogens with zero attached hydrogens (tertiary/aromatic N) is 1. The van der Waals surface area contributed by atoms with E-state index in [-0.39, 0.29) is 11.9 Å². The van der Waals surface area contributed by atoms with Crippen LogP contribution in [-0.2, 0) is 17.7 Å². The number of methoxy groups -OCH3 is 1. The number of hydrogen-bond acceptors (Lipinski definition) is 4. The molecule has 0 aliphatic carbocycles. The van der Waals surface area contributed by atoms with Crippen molar-refractivity contribution in [1.82, 2.24) is 5.32 Å². The number of anilines is 3. The minimum Gasteiger partial charge on any atom is -0.385 e. The molecule has 0 saturated carbocycles. The minimum atomic E-state index is -0.360. The van der Waals surface area contributed by atoms with Crippen LogP contribution in [0, 0.1) is 6.92 Å². The van der Waals surface area contributed by atoms with Gasteiger partial charge in [0.25, 0.3) is 5.91 Å². The fourth-order valence-corrected chi connectivity index (χ4v) is 4.30. The van der Waals surface area contributed by atoms with E-state index in [1.165, 1.54) is 11.1 Å². The van der Waals surface area contributed by atoms with Crippen molar-refractivity contribution in [3.63, 3.8) is 0 Å². The van der Waals surface area contributed by atoms with Crippen LogP contribution in [0.3, 0.4) is 0 Å². The highest BCUT2D eigenvalue weighted by Gasteiger charge is 2.22. The van der Waals surface area contributed by atoms with E-state index in [1.807, 2.05) is 49.4 Å². The predicted molar refractivity (Wildman–Crippen MR) is 140 cm³/mol. The average molecular weight is 473 g/mol. The zero-order valence-electron chi connectivity index (χ0n) is 20.3. The first-order chi connectivity index (χ1) is 17.0. The largest absolute Gasteiger partial charge is 0.385 e. The molecule has 0 bridgehead atoms. The van der Waals surface area contributed by atoms with Crippen molar-refractivity contribution < 1.29 is 14.3 Å². The quantitative estimate of drug-likeness (QED) is 0.405. The van der Waals surface area contributed by atoms with Gasteiger partial charge in [0.2, 0.25) is 0 Å². The Balaban J connectivity index is 1.54. The monoisotopic (exact) mass is 472 g/mol. The summed E-state index contributed by atoms with van der Waals surface area (Å²) in [4.78, 5) is 28.0. The van der Waals surface area contributed by atoms with Crippen LogP contribution < -0.4 is 20.9 Å². The summed E-state index contributed by atoms with van der Waals surface area (Å²) in [5.41, 5.74) is 6.33. The third-order valence-electron chi connectivity index (χ3n) is 6.06. The summed E-state index contributed by atoms with van der Waals surface area (Å²) in [6.45, 7) is 4.62. The van der Waals surface area contributed by atoms with Gasteiger partial charge in [-0.1, -0.05) is 36.4 Å². The van der Waals surface area contributed by atoms with E-state index in [0.717, 1.165) is 37.2 Å². The van der Waals surface area contributed by atoms with Crippen molar-refractivity contribution in [2.45, 2.75) is 26.3 Å². The zero-order valence-corrected chi connectivity index (χ0v) is 20.3. The van der Waals surface area contributed by atoms with Crippen molar-refractivity contribution in [2.24, 2.45) is 0 Å². The maximum Gasteiger partial charge on any atom is 0.323 e. The van der Waals surface area contributed by atoms with E-state index < -0.39 is 0 Å². The molecule has 0 spiro atoms. The summed E-state index contributed by atoms with van der Waals surface area (Å²) in [7, 11) is 1.64. The lowest BCUT2D eigenvalue weighted by Crippen LogP contribution is -2.33. The first kappa shape index (κ1) is 24.3. The number of aryl methyl sites for hydroxylation is 1. The Hall–Kier alpha value is -3.84. The van der Waals surface area contributed by atoms with E-state index in [0.29, 0.717) is 30.1 Å². The lowest BCUT2D eigenvalue weighted by Gasteiger charge is -2.32. The molecule has 7 nitrogen and oxygen atoms in total. The number of nitrogens with one attached hydrogen (secondary N) is 3. The van der Waals surface area contributed by atoms with Gasteiger partial charge in [-0.2, -0.15) is 0 Å². The van der Waals surface area contributed by atoms with Crippen LogP contribution in [0.5, 0.6) is 0 Å². The second-order valence-corrected chi connectivity index (χ2v) is 8.72. The molecule has 0 atom stereocenters. The van der Waals surface area contributed by atoms with Crippen molar-refractivity contribution in [3.05, 3.63) is 89.0 Å². The molecule has 3 amide bonds. The van der Waals surface area contributed by atoms with Gasteiger partial charge in [0, 0.05) is 50.4 Å². The Morgan fingerprint density at radius 2 is 1.71 bits per heavy atom. The molecule has 3 aromatic rings. The highest BCUT2D eigenvalue weighted by atomic mass is 16.5. The molecule has 3 aromatic carbocycles. The molecule has 7 heteroatoms. The molecular formula is C28H32N4O3. The van der Waals surface area contributed by atoms with Crippen molar-refractivity contribution >= 4 is 29.0 Å². The van der Waals surface area contributed by atoms with Crippen molar-refractivity contribution in [1.29, 1.82) is 0 Å². The number of carbonyl (C=O) groups is 2.